The van der Waals surface area contributed by atoms with E-state index in [1.54, 1.807) is 6.08 Å². The van der Waals surface area contributed by atoms with Crippen LogP contribution in [0.1, 0.15) is 54.6 Å². The van der Waals surface area contributed by atoms with Crippen LogP contribution in [0.2, 0.25) is 0 Å². The first kappa shape index (κ1) is 12.1. The van der Waals surface area contributed by atoms with Crippen LogP contribution < -0.4 is 0 Å². The van der Waals surface area contributed by atoms with Crippen molar-refractivity contribution >= 4 is 17.3 Å². The largest absolute Gasteiger partial charge is 0.299 e. The molecule has 112 valence electrons. The minimum atomic E-state index is -2.13. The van der Waals surface area contributed by atoms with Gasteiger partial charge in [-0.15, -0.1) is 5.73 Å². The summed E-state index contributed by atoms with van der Waals surface area (Å²) in [7, 11) is 0. The Bertz CT molecular complexity index is 630. The van der Waals surface area contributed by atoms with Gasteiger partial charge in [0.15, 0.2) is 5.78 Å². The van der Waals surface area contributed by atoms with Crippen molar-refractivity contribution in [3.63, 3.8) is 0 Å². The number of carbonyl (C=O) groups excluding carboxylic acids is 3. The minimum Gasteiger partial charge on any atom is -0.299 e. The van der Waals surface area contributed by atoms with E-state index < -0.39 is 30.3 Å². The van der Waals surface area contributed by atoms with Crippen molar-refractivity contribution in [1.82, 2.24) is 0 Å². The molecule has 0 aliphatic heterocycles. The van der Waals surface area contributed by atoms with Crippen LogP contribution in [0.15, 0.2) is 17.9 Å². The summed E-state index contributed by atoms with van der Waals surface area (Å²) in [5.74, 6) is -0.893. The molecule has 3 heteroatoms. The third kappa shape index (κ3) is 2.44. The van der Waals surface area contributed by atoms with Gasteiger partial charge in [-0.2, -0.15) is 0 Å². The van der Waals surface area contributed by atoms with E-state index >= 15 is 0 Å². The van der Waals surface area contributed by atoms with Gasteiger partial charge in [0.25, 0.3) is 0 Å². The molecular formula is C18H22O3. The van der Waals surface area contributed by atoms with Crippen molar-refractivity contribution in [2.24, 2.45) is 23.2 Å². The lowest BCUT2D eigenvalue weighted by Gasteiger charge is -2.44. The smallest absolute Gasteiger partial charge is 0.163 e. The van der Waals surface area contributed by atoms with Gasteiger partial charge in [-0.3, -0.25) is 14.4 Å². The van der Waals surface area contributed by atoms with Gasteiger partial charge in [-0.05, 0) is 43.6 Å². The number of rotatable bonds is 0. The second kappa shape index (κ2) is 5.38. The second-order valence-corrected chi connectivity index (χ2v) is 6.73. The molecule has 2 saturated carbocycles. The van der Waals surface area contributed by atoms with Gasteiger partial charge in [0.1, 0.15) is 11.6 Å². The molecule has 3 nitrogen and oxygen atoms in total. The van der Waals surface area contributed by atoms with E-state index in [4.69, 9.17) is 2.74 Å². The number of ketones is 3. The van der Waals surface area contributed by atoms with E-state index in [-0.39, 0.29) is 23.0 Å². The molecular weight excluding hydrogens is 264 g/mol. The molecule has 0 heterocycles. The molecule has 0 aromatic heterocycles. The minimum absolute atomic E-state index is 0.0307. The fourth-order valence-corrected chi connectivity index (χ4v) is 4.43. The third-order valence-electron chi connectivity index (χ3n) is 5.67. The maximum absolute atomic E-state index is 12.8. The highest BCUT2D eigenvalue weighted by Gasteiger charge is 2.54. The Hall–Kier alpha value is -1.47. The quantitative estimate of drug-likeness (QED) is 0.644. The molecule has 3 aliphatic rings. The summed E-state index contributed by atoms with van der Waals surface area (Å²) in [6, 6.07) is 0. The molecule has 0 N–H and O–H groups in total. The zero-order chi connectivity index (χ0) is 16.8. The van der Waals surface area contributed by atoms with Crippen LogP contribution in [0.5, 0.6) is 0 Å². The number of carbonyl (C=O) groups is 3. The second-order valence-electron chi connectivity index (χ2n) is 6.73. The summed E-state index contributed by atoms with van der Waals surface area (Å²) < 4.78 is 16.1. The first-order chi connectivity index (χ1) is 10.8. The summed E-state index contributed by atoms with van der Waals surface area (Å²) in [5, 5.41) is 0. The standard InChI is InChI=1S/C18H22O3/c1-18-11-10-14-13(15(18)7-9-17(18)21)5-3-2-4-12(19)6-8-16(14)20/h3-4,13-15H,5-11H2,1H3/t2?,13-,14+,15+,18+/m1/s1/i8D2. The molecule has 0 amide bonds. The molecule has 0 aromatic carbocycles. The van der Waals surface area contributed by atoms with Gasteiger partial charge in [-0.25, -0.2) is 0 Å². The Balaban J connectivity index is 2.01. The molecule has 0 bridgehead atoms. The maximum atomic E-state index is 12.8. The van der Waals surface area contributed by atoms with Gasteiger partial charge in [-0.1, -0.05) is 6.92 Å². The first-order valence-electron chi connectivity index (χ1n) is 8.77. The Morgan fingerprint density at radius 1 is 1.29 bits per heavy atom. The zero-order valence-corrected chi connectivity index (χ0v) is 12.4. The average molecular weight is 288 g/mol. The molecule has 3 rings (SSSR count). The highest BCUT2D eigenvalue weighted by molar-refractivity contribution is 5.94. The topological polar surface area (TPSA) is 51.2 Å². The highest BCUT2D eigenvalue weighted by Crippen LogP contribution is 2.55. The van der Waals surface area contributed by atoms with E-state index in [0.29, 0.717) is 25.7 Å². The Kier molecular flexibility index (Phi) is 3.10. The van der Waals surface area contributed by atoms with Crippen molar-refractivity contribution in [3.8, 4) is 0 Å². The predicted molar refractivity (Wildman–Crippen MR) is 78.6 cm³/mol. The molecule has 21 heavy (non-hydrogen) atoms. The molecule has 0 spiro atoms. The summed E-state index contributed by atoms with van der Waals surface area (Å²) >= 11 is 0. The molecule has 0 unspecified atom stereocenters. The monoisotopic (exact) mass is 288 g/mol. The number of Topliss-reactive ketones (excluding diaryl/α,β-unsaturated/α-hetero) is 2. The fraction of sp³-hybridized carbons (Fsp3) is 0.667. The predicted octanol–water partition coefficient (Wildman–Crippen LogP) is 3.03. The molecule has 0 radical (unpaired) electrons. The van der Waals surface area contributed by atoms with Crippen molar-refractivity contribution in [2.45, 2.75) is 51.8 Å². The zero-order valence-electron chi connectivity index (χ0n) is 14.4. The van der Waals surface area contributed by atoms with Crippen LogP contribution >= 0.6 is 0 Å². The SMILES string of the molecule is [2H]C1([2H])CC(=O)C=C=CC[C@@H]2[C@H](CC[C@]3(C)C(=O)CC[C@@H]23)C1=O. The number of hydrogen-bond acceptors (Lipinski definition) is 3. The Labute approximate surface area is 128 Å². The Morgan fingerprint density at radius 2 is 2.10 bits per heavy atom. The maximum Gasteiger partial charge on any atom is 0.163 e. The molecule has 3 aliphatic carbocycles. The first-order valence-corrected chi connectivity index (χ1v) is 7.77. The van der Waals surface area contributed by atoms with Crippen LogP contribution in [-0.4, -0.2) is 17.3 Å². The van der Waals surface area contributed by atoms with Gasteiger partial charge in [0, 0.05) is 39.4 Å². The van der Waals surface area contributed by atoms with Crippen molar-refractivity contribution in [3.05, 3.63) is 17.9 Å². The highest BCUT2D eigenvalue weighted by atomic mass is 16.1. The lowest BCUT2D eigenvalue weighted by molar-refractivity contribution is -0.136. The third-order valence-corrected chi connectivity index (χ3v) is 5.67. The Morgan fingerprint density at radius 3 is 2.90 bits per heavy atom. The lowest BCUT2D eigenvalue weighted by atomic mass is 9.58. The van der Waals surface area contributed by atoms with Gasteiger partial charge >= 0.3 is 0 Å². The molecule has 4 atom stereocenters. The molecule has 0 aromatic rings. The van der Waals surface area contributed by atoms with Gasteiger partial charge in [0.05, 0.1) is 0 Å². The van der Waals surface area contributed by atoms with E-state index in [2.05, 4.69) is 5.73 Å². The molecule has 2 fully saturated rings. The normalized spacial score (nSPS) is 43.9. The molecule has 0 saturated heterocycles. The number of fused-ring (bicyclic) bond motifs is 3. The number of hydrogen-bond donors (Lipinski definition) is 0. The summed E-state index contributed by atoms with van der Waals surface area (Å²) in [6.45, 7) is 2.00. The summed E-state index contributed by atoms with van der Waals surface area (Å²) in [5.41, 5.74) is 2.46. The fourth-order valence-electron chi connectivity index (χ4n) is 4.43. The van der Waals surface area contributed by atoms with E-state index in [0.717, 1.165) is 6.42 Å². The van der Waals surface area contributed by atoms with Crippen molar-refractivity contribution in [2.75, 3.05) is 0 Å². The lowest BCUT2D eigenvalue weighted by Crippen LogP contribution is -2.44. The average Bonchev–Trinajstić information content (AvgIpc) is 2.77. The number of allylic oxidation sites excluding steroid dienone is 1. The van der Waals surface area contributed by atoms with Crippen LogP contribution in [0.3, 0.4) is 0 Å². The van der Waals surface area contributed by atoms with E-state index in [9.17, 15) is 14.4 Å². The van der Waals surface area contributed by atoms with Crippen LogP contribution in [0, 0.1) is 23.2 Å². The van der Waals surface area contributed by atoms with Crippen LogP contribution in [0.25, 0.3) is 0 Å². The van der Waals surface area contributed by atoms with Crippen LogP contribution in [-0.2, 0) is 14.4 Å². The van der Waals surface area contributed by atoms with Crippen LogP contribution in [0.4, 0.5) is 0 Å². The van der Waals surface area contributed by atoms with Gasteiger partial charge < -0.3 is 0 Å². The summed E-state index contributed by atoms with van der Waals surface area (Å²) in [4.78, 5) is 36.8. The van der Waals surface area contributed by atoms with E-state index in [1.807, 2.05) is 6.92 Å². The summed E-state index contributed by atoms with van der Waals surface area (Å²) in [6.07, 6.45) is 3.55. The van der Waals surface area contributed by atoms with E-state index in [1.165, 1.54) is 6.08 Å². The van der Waals surface area contributed by atoms with Crippen molar-refractivity contribution in [1.29, 1.82) is 0 Å². The van der Waals surface area contributed by atoms with Gasteiger partial charge in [0.2, 0.25) is 0 Å². The van der Waals surface area contributed by atoms with Crippen molar-refractivity contribution < 1.29 is 17.1 Å².